The highest BCUT2D eigenvalue weighted by Gasteiger charge is 2.24. The molecule has 9 aromatic carbocycles. The van der Waals surface area contributed by atoms with Crippen LogP contribution in [0.25, 0.3) is 81.0 Å². The molecule has 1 aliphatic rings. The van der Waals surface area contributed by atoms with E-state index in [9.17, 15) is 0 Å². The average Bonchev–Trinajstić information content (AvgIpc) is 3.85. The SMILES string of the molecule is c1ccc(-c2ccc(-c3ccc(N(c4ccc(-c5ccc6c(c5)Oc5cccc7c8ccccc8n-6c57)cc4)c4cccc5c4sc4ccccc45)cc3)cc2)cc1. The van der Waals surface area contributed by atoms with Crippen LogP contribution in [0.3, 0.4) is 0 Å². The molecule has 4 heteroatoms. The molecular formula is C54H34N2OS. The number of aromatic nitrogens is 1. The molecule has 0 atom stereocenters. The molecule has 3 heterocycles. The molecule has 0 saturated heterocycles. The van der Waals surface area contributed by atoms with Crippen molar-refractivity contribution in [3.8, 4) is 50.6 Å². The van der Waals surface area contributed by atoms with Gasteiger partial charge < -0.3 is 14.2 Å². The van der Waals surface area contributed by atoms with Gasteiger partial charge in [-0.2, -0.15) is 0 Å². The maximum Gasteiger partial charge on any atom is 0.152 e. The number of hydrogen-bond donors (Lipinski definition) is 0. The van der Waals surface area contributed by atoms with Crippen LogP contribution in [0.2, 0.25) is 0 Å². The fourth-order valence-corrected chi connectivity index (χ4v) is 10.0. The summed E-state index contributed by atoms with van der Waals surface area (Å²) in [6.45, 7) is 0. The fourth-order valence-electron chi connectivity index (χ4n) is 8.83. The van der Waals surface area contributed by atoms with E-state index in [4.69, 9.17) is 4.74 Å². The van der Waals surface area contributed by atoms with E-state index in [1.165, 1.54) is 58.7 Å². The highest BCUT2D eigenvalue weighted by Crippen LogP contribution is 2.48. The van der Waals surface area contributed by atoms with Crippen molar-refractivity contribution >= 4 is 70.4 Å². The standard InChI is InChI=1S/C54H34N2OS/c1-2-10-35(11-3-1)36-20-22-37(23-21-36)38-24-29-41(30-25-38)55(49-17-8-15-46-44-13-5-7-19-52(44)58-54(46)49)42-31-26-39(27-32-42)40-28-33-48-51(34-40)57-50-18-9-14-45-43-12-4-6-16-47(43)56(48)53(45)50/h1-34H. The summed E-state index contributed by atoms with van der Waals surface area (Å²) >= 11 is 1.86. The van der Waals surface area contributed by atoms with Gasteiger partial charge in [0.05, 0.1) is 27.1 Å². The Hall–Kier alpha value is -7.40. The third kappa shape index (κ3) is 5.19. The van der Waals surface area contributed by atoms with Crippen LogP contribution in [-0.2, 0) is 0 Å². The summed E-state index contributed by atoms with van der Waals surface area (Å²) in [6.07, 6.45) is 0. The van der Waals surface area contributed by atoms with E-state index in [0.717, 1.165) is 50.9 Å². The largest absolute Gasteiger partial charge is 0.453 e. The predicted molar refractivity (Wildman–Crippen MR) is 245 cm³/mol. The number of hydrogen-bond acceptors (Lipinski definition) is 3. The van der Waals surface area contributed by atoms with Crippen molar-refractivity contribution in [1.29, 1.82) is 0 Å². The van der Waals surface area contributed by atoms with Crippen LogP contribution in [0.1, 0.15) is 0 Å². The Labute approximate surface area is 339 Å². The summed E-state index contributed by atoms with van der Waals surface area (Å²) in [5, 5.41) is 5.01. The van der Waals surface area contributed by atoms with Gasteiger partial charge in [0, 0.05) is 37.6 Å². The molecule has 3 nitrogen and oxygen atoms in total. The average molecular weight is 759 g/mol. The number of anilines is 3. The van der Waals surface area contributed by atoms with Crippen LogP contribution in [0.5, 0.6) is 11.5 Å². The molecule has 0 fully saturated rings. The number of rotatable bonds is 6. The normalized spacial score (nSPS) is 11.9. The van der Waals surface area contributed by atoms with Gasteiger partial charge in [0.15, 0.2) is 11.5 Å². The summed E-state index contributed by atoms with van der Waals surface area (Å²) in [7, 11) is 0. The highest BCUT2D eigenvalue weighted by atomic mass is 32.1. The molecule has 0 amide bonds. The molecule has 1 aliphatic heterocycles. The van der Waals surface area contributed by atoms with Crippen molar-refractivity contribution in [2.75, 3.05) is 4.90 Å². The van der Waals surface area contributed by atoms with Crippen LogP contribution in [0, 0.1) is 0 Å². The van der Waals surface area contributed by atoms with Gasteiger partial charge in [0.25, 0.3) is 0 Å². The Bertz CT molecular complexity index is 3340. The number of fused-ring (bicyclic) bond motifs is 8. The van der Waals surface area contributed by atoms with E-state index in [1.54, 1.807) is 0 Å². The Kier molecular flexibility index (Phi) is 7.40. The van der Waals surface area contributed by atoms with Crippen LogP contribution in [0.4, 0.5) is 17.1 Å². The molecule has 58 heavy (non-hydrogen) atoms. The molecule has 2 aromatic heterocycles. The monoisotopic (exact) mass is 758 g/mol. The zero-order chi connectivity index (χ0) is 38.2. The van der Waals surface area contributed by atoms with E-state index < -0.39 is 0 Å². The third-order valence-electron chi connectivity index (χ3n) is 11.6. The lowest BCUT2D eigenvalue weighted by Crippen LogP contribution is -2.10. The van der Waals surface area contributed by atoms with Gasteiger partial charge in [-0.15, -0.1) is 11.3 Å². The van der Waals surface area contributed by atoms with Crippen molar-refractivity contribution in [3.63, 3.8) is 0 Å². The highest BCUT2D eigenvalue weighted by molar-refractivity contribution is 7.26. The lowest BCUT2D eigenvalue weighted by molar-refractivity contribution is 0.476. The van der Waals surface area contributed by atoms with Crippen LogP contribution in [0.15, 0.2) is 206 Å². The van der Waals surface area contributed by atoms with Gasteiger partial charge in [-0.3, -0.25) is 0 Å². The first-order chi connectivity index (χ1) is 28.7. The minimum Gasteiger partial charge on any atom is -0.453 e. The van der Waals surface area contributed by atoms with Crippen LogP contribution >= 0.6 is 11.3 Å². The predicted octanol–water partition coefficient (Wildman–Crippen LogP) is 15.7. The maximum atomic E-state index is 6.62. The van der Waals surface area contributed by atoms with E-state index in [1.807, 2.05) is 11.3 Å². The first-order valence-corrected chi connectivity index (χ1v) is 20.5. The van der Waals surface area contributed by atoms with Crippen molar-refractivity contribution in [2.24, 2.45) is 0 Å². The second kappa shape index (κ2) is 13.1. The number of benzene rings is 9. The Morgan fingerprint density at radius 1 is 0.397 bits per heavy atom. The number of nitrogens with zero attached hydrogens (tertiary/aromatic N) is 2. The molecule has 0 spiro atoms. The lowest BCUT2D eigenvalue weighted by Gasteiger charge is -2.26. The van der Waals surface area contributed by atoms with Gasteiger partial charge in [-0.25, -0.2) is 0 Å². The van der Waals surface area contributed by atoms with Crippen LogP contribution < -0.4 is 9.64 Å². The second-order valence-corrected chi connectivity index (χ2v) is 16.0. The first kappa shape index (κ1) is 32.8. The van der Waals surface area contributed by atoms with Gasteiger partial charge in [-0.1, -0.05) is 146 Å². The quantitative estimate of drug-likeness (QED) is 0.168. The fraction of sp³-hybridized carbons (Fsp3) is 0. The van der Waals surface area contributed by atoms with Crippen LogP contribution in [-0.4, -0.2) is 4.57 Å². The molecule has 12 rings (SSSR count). The smallest absolute Gasteiger partial charge is 0.152 e. The number of para-hydroxylation sites is 2. The molecule has 11 aromatic rings. The molecule has 0 aliphatic carbocycles. The number of ether oxygens (including phenoxy) is 1. The lowest BCUT2D eigenvalue weighted by atomic mass is 10.00. The summed E-state index contributed by atoms with van der Waals surface area (Å²) in [5.41, 5.74) is 13.8. The van der Waals surface area contributed by atoms with E-state index in [2.05, 4.69) is 216 Å². The molecular weight excluding hydrogens is 725 g/mol. The molecule has 0 bridgehead atoms. The van der Waals surface area contributed by atoms with E-state index in [0.29, 0.717) is 0 Å². The summed E-state index contributed by atoms with van der Waals surface area (Å²) in [5.74, 6) is 1.74. The van der Waals surface area contributed by atoms with E-state index >= 15 is 0 Å². The summed E-state index contributed by atoms with van der Waals surface area (Å²) in [4.78, 5) is 2.40. The topological polar surface area (TPSA) is 17.4 Å². The molecule has 0 saturated carbocycles. The minimum absolute atomic E-state index is 0.857. The summed E-state index contributed by atoms with van der Waals surface area (Å²) in [6, 6.07) is 74.3. The van der Waals surface area contributed by atoms with Crippen molar-refractivity contribution in [3.05, 3.63) is 206 Å². The van der Waals surface area contributed by atoms with Gasteiger partial charge in [-0.05, 0) is 94.0 Å². The Balaban J connectivity index is 0.931. The van der Waals surface area contributed by atoms with Gasteiger partial charge >= 0.3 is 0 Å². The Morgan fingerprint density at radius 3 is 1.69 bits per heavy atom. The number of thiophene rings is 1. The minimum atomic E-state index is 0.857. The van der Waals surface area contributed by atoms with Gasteiger partial charge in [0.1, 0.15) is 0 Å². The summed E-state index contributed by atoms with van der Waals surface area (Å²) < 4.78 is 11.5. The maximum absolute atomic E-state index is 6.62. The second-order valence-electron chi connectivity index (χ2n) is 14.9. The Morgan fingerprint density at radius 2 is 0.948 bits per heavy atom. The molecule has 0 N–H and O–H groups in total. The molecule has 0 radical (unpaired) electrons. The first-order valence-electron chi connectivity index (χ1n) is 19.7. The van der Waals surface area contributed by atoms with E-state index in [-0.39, 0.29) is 0 Å². The zero-order valence-electron chi connectivity index (χ0n) is 31.3. The third-order valence-corrected chi connectivity index (χ3v) is 12.8. The van der Waals surface area contributed by atoms with Gasteiger partial charge in [0.2, 0.25) is 0 Å². The van der Waals surface area contributed by atoms with Crippen molar-refractivity contribution in [2.45, 2.75) is 0 Å². The van der Waals surface area contributed by atoms with Crippen molar-refractivity contribution < 1.29 is 4.74 Å². The zero-order valence-corrected chi connectivity index (χ0v) is 32.2. The van der Waals surface area contributed by atoms with Crippen molar-refractivity contribution in [1.82, 2.24) is 4.57 Å². The molecule has 272 valence electrons. The molecule has 0 unspecified atom stereocenters.